The van der Waals surface area contributed by atoms with Crippen LogP contribution in [0.25, 0.3) is 11.0 Å². The molecule has 3 aromatic rings. The van der Waals surface area contributed by atoms with E-state index >= 15 is 0 Å². The van der Waals surface area contributed by atoms with Gasteiger partial charge >= 0.3 is 0 Å². The van der Waals surface area contributed by atoms with Crippen LogP contribution in [0.15, 0.2) is 57.6 Å². The number of furan rings is 1. The lowest BCUT2D eigenvalue weighted by Gasteiger charge is -1.98. The van der Waals surface area contributed by atoms with Crippen LogP contribution in [0.4, 0.5) is 0 Å². The number of nitrogens with zero attached hydrogens (tertiary/aromatic N) is 1. The van der Waals surface area contributed by atoms with Crippen LogP contribution in [0, 0.1) is 0 Å². The lowest BCUT2D eigenvalue weighted by molar-refractivity contribution is 0.101. The van der Waals surface area contributed by atoms with Crippen molar-refractivity contribution in [3.8, 4) is 0 Å². The van der Waals surface area contributed by atoms with Crippen LogP contribution >= 0.6 is 15.9 Å². The fourth-order valence-corrected chi connectivity index (χ4v) is 2.20. The average molecular weight is 302 g/mol. The molecule has 0 aliphatic heterocycles. The van der Waals surface area contributed by atoms with E-state index in [1.807, 2.05) is 24.3 Å². The van der Waals surface area contributed by atoms with E-state index in [-0.39, 0.29) is 5.78 Å². The van der Waals surface area contributed by atoms with Crippen molar-refractivity contribution < 1.29 is 9.21 Å². The van der Waals surface area contributed by atoms with E-state index in [9.17, 15) is 4.79 Å². The highest BCUT2D eigenvalue weighted by Gasteiger charge is 2.17. The van der Waals surface area contributed by atoms with Gasteiger partial charge < -0.3 is 4.42 Å². The molecule has 88 valence electrons. The Balaban J connectivity index is 2.10. The predicted molar refractivity (Wildman–Crippen MR) is 71.6 cm³/mol. The van der Waals surface area contributed by atoms with E-state index in [4.69, 9.17) is 4.42 Å². The lowest BCUT2D eigenvalue weighted by atomic mass is 10.2. The highest BCUT2D eigenvalue weighted by Crippen LogP contribution is 2.23. The standard InChI is InChI=1S/C14H8BrNO2/c15-10-5-3-7-16-13(10)14(17)12-8-9-4-1-2-6-11(9)18-12/h1-8H. The Kier molecular flexibility index (Phi) is 2.72. The molecule has 0 bridgehead atoms. The quantitative estimate of drug-likeness (QED) is 0.676. The van der Waals surface area contributed by atoms with Gasteiger partial charge in [0, 0.05) is 16.1 Å². The zero-order chi connectivity index (χ0) is 12.5. The first-order chi connectivity index (χ1) is 8.75. The van der Waals surface area contributed by atoms with Gasteiger partial charge in [-0.3, -0.25) is 9.78 Å². The van der Waals surface area contributed by atoms with Crippen LogP contribution in [-0.4, -0.2) is 10.8 Å². The number of ketones is 1. The summed E-state index contributed by atoms with van der Waals surface area (Å²) in [4.78, 5) is 16.3. The maximum atomic E-state index is 12.3. The summed E-state index contributed by atoms with van der Waals surface area (Å²) < 4.78 is 6.19. The molecule has 2 heterocycles. The molecule has 0 aliphatic carbocycles. The van der Waals surface area contributed by atoms with Gasteiger partial charge in [-0.05, 0) is 40.2 Å². The number of aromatic nitrogens is 1. The number of carbonyl (C=O) groups is 1. The molecule has 0 saturated carbocycles. The SMILES string of the molecule is O=C(c1cc2ccccc2o1)c1ncccc1Br. The minimum absolute atomic E-state index is 0.223. The van der Waals surface area contributed by atoms with Gasteiger partial charge in [-0.15, -0.1) is 0 Å². The van der Waals surface area contributed by atoms with Gasteiger partial charge in [0.25, 0.3) is 0 Å². The molecular formula is C14H8BrNO2. The Morgan fingerprint density at radius 1 is 1.17 bits per heavy atom. The van der Waals surface area contributed by atoms with Crippen molar-refractivity contribution in [2.75, 3.05) is 0 Å². The Morgan fingerprint density at radius 2 is 2.00 bits per heavy atom. The Morgan fingerprint density at radius 3 is 2.78 bits per heavy atom. The van der Waals surface area contributed by atoms with Gasteiger partial charge in [-0.2, -0.15) is 0 Å². The molecule has 0 aliphatic rings. The molecule has 0 amide bonds. The fourth-order valence-electron chi connectivity index (χ4n) is 1.76. The number of halogens is 1. The van der Waals surface area contributed by atoms with Crippen molar-refractivity contribution in [1.29, 1.82) is 0 Å². The van der Waals surface area contributed by atoms with E-state index in [0.29, 0.717) is 21.5 Å². The molecular weight excluding hydrogens is 294 g/mol. The van der Waals surface area contributed by atoms with Crippen molar-refractivity contribution >= 4 is 32.7 Å². The number of carbonyl (C=O) groups excluding carboxylic acids is 1. The van der Waals surface area contributed by atoms with E-state index in [1.54, 1.807) is 24.4 Å². The van der Waals surface area contributed by atoms with Crippen LogP contribution in [-0.2, 0) is 0 Å². The van der Waals surface area contributed by atoms with E-state index in [2.05, 4.69) is 20.9 Å². The highest BCUT2D eigenvalue weighted by atomic mass is 79.9. The third-order valence-corrected chi connectivity index (χ3v) is 3.26. The summed E-state index contributed by atoms with van der Waals surface area (Å²) in [7, 11) is 0. The predicted octanol–water partition coefficient (Wildman–Crippen LogP) is 3.82. The molecule has 0 N–H and O–H groups in total. The summed E-state index contributed by atoms with van der Waals surface area (Å²) in [5.74, 6) is 0.0780. The minimum Gasteiger partial charge on any atom is -0.453 e. The van der Waals surface area contributed by atoms with E-state index < -0.39 is 0 Å². The molecule has 3 rings (SSSR count). The van der Waals surface area contributed by atoms with Crippen LogP contribution in [0.2, 0.25) is 0 Å². The second-order valence-electron chi connectivity index (χ2n) is 3.81. The maximum absolute atomic E-state index is 12.3. The van der Waals surface area contributed by atoms with Crippen molar-refractivity contribution in [2.45, 2.75) is 0 Å². The summed E-state index contributed by atoms with van der Waals surface area (Å²) in [6.07, 6.45) is 1.58. The number of hydrogen-bond acceptors (Lipinski definition) is 3. The van der Waals surface area contributed by atoms with Crippen LogP contribution in [0.1, 0.15) is 16.2 Å². The van der Waals surface area contributed by atoms with Crippen molar-refractivity contribution in [3.05, 3.63) is 64.6 Å². The Hall–Kier alpha value is -1.94. The van der Waals surface area contributed by atoms with Gasteiger partial charge in [0.05, 0.1) is 0 Å². The van der Waals surface area contributed by atoms with Crippen LogP contribution < -0.4 is 0 Å². The summed E-state index contributed by atoms with van der Waals surface area (Å²) in [6.45, 7) is 0. The average Bonchev–Trinajstić information content (AvgIpc) is 2.82. The first-order valence-corrected chi connectivity index (χ1v) is 6.19. The zero-order valence-electron chi connectivity index (χ0n) is 9.26. The van der Waals surface area contributed by atoms with Crippen molar-refractivity contribution in [1.82, 2.24) is 4.98 Å². The molecule has 4 heteroatoms. The number of pyridine rings is 1. The smallest absolute Gasteiger partial charge is 0.247 e. The van der Waals surface area contributed by atoms with Gasteiger partial charge in [0.15, 0.2) is 5.76 Å². The Labute approximate surface area is 112 Å². The first kappa shape index (κ1) is 11.2. The first-order valence-electron chi connectivity index (χ1n) is 5.39. The second kappa shape index (κ2) is 4.38. The second-order valence-corrected chi connectivity index (χ2v) is 4.67. The third kappa shape index (κ3) is 1.84. The normalized spacial score (nSPS) is 10.7. The van der Waals surface area contributed by atoms with Gasteiger partial charge in [0.2, 0.25) is 5.78 Å². The zero-order valence-corrected chi connectivity index (χ0v) is 10.8. The van der Waals surface area contributed by atoms with E-state index in [0.717, 1.165) is 5.39 Å². The molecule has 0 radical (unpaired) electrons. The molecule has 0 spiro atoms. The summed E-state index contributed by atoms with van der Waals surface area (Å²) in [6, 6.07) is 12.8. The number of fused-ring (bicyclic) bond motifs is 1. The van der Waals surface area contributed by atoms with Crippen LogP contribution in [0.3, 0.4) is 0 Å². The largest absolute Gasteiger partial charge is 0.453 e. The van der Waals surface area contributed by atoms with Crippen molar-refractivity contribution in [3.63, 3.8) is 0 Å². The Bertz CT molecular complexity index is 700. The molecule has 0 unspecified atom stereocenters. The molecule has 2 aromatic heterocycles. The van der Waals surface area contributed by atoms with Gasteiger partial charge in [-0.1, -0.05) is 18.2 Å². The molecule has 0 saturated heterocycles. The summed E-state index contributed by atoms with van der Waals surface area (Å²) in [5, 5.41) is 0.910. The van der Waals surface area contributed by atoms with Gasteiger partial charge in [0.1, 0.15) is 11.3 Å². The van der Waals surface area contributed by atoms with Crippen LogP contribution in [0.5, 0.6) is 0 Å². The third-order valence-electron chi connectivity index (χ3n) is 2.62. The monoisotopic (exact) mass is 301 g/mol. The minimum atomic E-state index is -0.223. The molecule has 3 nitrogen and oxygen atoms in total. The van der Waals surface area contributed by atoms with E-state index in [1.165, 1.54) is 0 Å². The molecule has 18 heavy (non-hydrogen) atoms. The highest BCUT2D eigenvalue weighted by molar-refractivity contribution is 9.10. The van der Waals surface area contributed by atoms with Gasteiger partial charge in [-0.25, -0.2) is 0 Å². The maximum Gasteiger partial charge on any atom is 0.247 e. The summed E-state index contributed by atoms with van der Waals surface area (Å²) >= 11 is 3.31. The molecule has 0 atom stereocenters. The topological polar surface area (TPSA) is 43.1 Å². The lowest BCUT2D eigenvalue weighted by Crippen LogP contribution is -2.03. The number of rotatable bonds is 2. The fraction of sp³-hybridized carbons (Fsp3) is 0. The van der Waals surface area contributed by atoms with Crippen molar-refractivity contribution in [2.24, 2.45) is 0 Å². The number of hydrogen-bond donors (Lipinski definition) is 0. The number of para-hydroxylation sites is 1. The number of benzene rings is 1. The molecule has 0 fully saturated rings. The summed E-state index contributed by atoms with van der Waals surface area (Å²) in [5.41, 5.74) is 1.06. The molecule has 1 aromatic carbocycles.